The van der Waals surface area contributed by atoms with Gasteiger partial charge in [-0.25, -0.2) is 4.79 Å². The van der Waals surface area contributed by atoms with Gasteiger partial charge in [0.25, 0.3) is 11.6 Å². The van der Waals surface area contributed by atoms with Gasteiger partial charge in [-0.15, -0.1) is 0 Å². The molecular formula is C19H18N2O8. The molecule has 0 aliphatic carbocycles. The van der Waals surface area contributed by atoms with Gasteiger partial charge in [0.2, 0.25) is 0 Å². The molecule has 0 aliphatic rings. The van der Waals surface area contributed by atoms with E-state index in [2.05, 4.69) is 5.32 Å². The van der Waals surface area contributed by atoms with Crippen LogP contribution in [0, 0.1) is 10.1 Å². The summed E-state index contributed by atoms with van der Waals surface area (Å²) in [7, 11) is 1.35. The van der Waals surface area contributed by atoms with Gasteiger partial charge < -0.3 is 19.9 Å². The third kappa shape index (κ3) is 5.76. The smallest absolute Gasteiger partial charge is 0.326 e. The van der Waals surface area contributed by atoms with Crippen LogP contribution in [-0.2, 0) is 16.0 Å². The van der Waals surface area contributed by atoms with E-state index in [1.165, 1.54) is 56.5 Å². The summed E-state index contributed by atoms with van der Waals surface area (Å²) in [6, 6.07) is 8.00. The van der Waals surface area contributed by atoms with Crippen LogP contribution in [0.3, 0.4) is 0 Å². The summed E-state index contributed by atoms with van der Waals surface area (Å²) in [5.74, 6) is -1.99. The summed E-state index contributed by atoms with van der Waals surface area (Å²) in [5, 5.41) is 22.8. The molecule has 2 N–H and O–H groups in total. The molecule has 2 rings (SSSR count). The van der Waals surface area contributed by atoms with E-state index in [0.29, 0.717) is 0 Å². The number of nitrogens with one attached hydrogen (secondary N) is 1. The summed E-state index contributed by atoms with van der Waals surface area (Å²) in [6.07, 6.45) is -0.225. The first-order valence-electron chi connectivity index (χ1n) is 8.34. The second-order valence-corrected chi connectivity index (χ2v) is 5.94. The number of methoxy groups -OCH3 is 1. The van der Waals surface area contributed by atoms with Crippen LogP contribution >= 0.6 is 0 Å². The number of rotatable bonds is 8. The van der Waals surface area contributed by atoms with Crippen molar-refractivity contribution in [2.45, 2.75) is 19.4 Å². The molecule has 29 heavy (non-hydrogen) atoms. The number of aliphatic carboxylic acids is 1. The van der Waals surface area contributed by atoms with E-state index < -0.39 is 28.8 Å². The summed E-state index contributed by atoms with van der Waals surface area (Å²) in [4.78, 5) is 45.3. The maximum Gasteiger partial charge on any atom is 0.326 e. The van der Waals surface area contributed by atoms with Crippen LogP contribution in [0.25, 0.3) is 0 Å². The molecule has 0 radical (unpaired) electrons. The van der Waals surface area contributed by atoms with Gasteiger partial charge in [-0.3, -0.25) is 19.7 Å². The van der Waals surface area contributed by atoms with Crippen LogP contribution in [-0.4, -0.2) is 41.0 Å². The van der Waals surface area contributed by atoms with Crippen molar-refractivity contribution >= 4 is 23.5 Å². The molecule has 152 valence electrons. The van der Waals surface area contributed by atoms with Gasteiger partial charge in [-0.1, -0.05) is 0 Å². The Labute approximate surface area is 165 Å². The molecule has 0 saturated heterocycles. The first-order valence-corrected chi connectivity index (χ1v) is 8.34. The molecule has 0 heterocycles. The molecule has 0 aromatic heterocycles. The van der Waals surface area contributed by atoms with Crippen LogP contribution < -0.4 is 14.8 Å². The van der Waals surface area contributed by atoms with Crippen molar-refractivity contribution in [2.24, 2.45) is 0 Å². The first-order chi connectivity index (χ1) is 13.7. The van der Waals surface area contributed by atoms with Crippen molar-refractivity contribution in [1.29, 1.82) is 0 Å². The summed E-state index contributed by atoms with van der Waals surface area (Å²) in [5.41, 5.74) is 0.190. The van der Waals surface area contributed by atoms with Crippen LogP contribution in [0.1, 0.15) is 22.8 Å². The van der Waals surface area contributed by atoms with E-state index in [1.54, 1.807) is 0 Å². The zero-order chi connectivity index (χ0) is 21.6. The van der Waals surface area contributed by atoms with Gasteiger partial charge in [0.05, 0.1) is 12.0 Å². The van der Waals surface area contributed by atoms with Crippen molar-refractivity contribution in [2.75, 3.05) is 7.11 Å². The number of esters is 1. The number of carboxylic acid groups (broad SMARTS) is 1. The van der Waals surface area contributed by atoms with Crippen LogP contribution in [0.15, 0.2) is 42.5 Å². The molecule has 0 unspecified atom stereocenters. The first kappa shape index (κ1) is 21.4. The fourth-order valence-corrected chi connectivity index (χ4v) is 2.54. The maximum atomic E-state index is 12.4. The van der Waals surface area contributed by atoms with Crippen molar-refractivity contribution in [3.8, 4) is 11.5 Å². The Kier molecular flexibility index (Phi) is 6.85. The Morgan fingerprint density at radius 3 is 2.34 bits per heavy atom. The monoisotopic (exact) mass is 402 g/mol. The third-order valence-electron chi connectivity index (χ3n) is 3.88. The second kappa shape index (κ2) is 9.31. The Bertz CT molecular complexity index is 940. The molecule has 0 aliphatic heterocycles. The standard InChI is InChI=1S/C19H18N2O8/c1-11(22)29-15-6-3-12(4-7-15)18(23)20-16(19(24)25)10-13-9-14(21(26)27)5-8-17(13)28-2/h3-9,16H,10H2,1-2H3,(H,20,23)(H,24,25)/t16-/m0/s1. The van der Waals surface area contributed by atoms with Gasteiger partial charge in [0, 0.05) is 36.6 Å². The Balaban J connectivity index is 2.19. The second-order valence-electron chi connectivity index (χ2n) is 5.94. The molecule has 10 heteroatoms. The van der Waals surface area contributed by atoms with E-state index in [4.69, 9.17) is 9.47 Å². The van der Waals surface area contributed by atoms with Gasteiger partial charge in [-0.2, -0.15) is 0 Å². The summed E-state index contributed by atoms with van der Waals surface area (Å²) in [6.45, 7) is 1.24. The molecule has 1 amide bonds. The van der Waals surface area contributed by atoms with E-state index in [0.717, 1.165) is 0 Å². The number of carboxylic acids is 1. The zero-order valence-electron chi connectivity index (χ0n) is 15.6. The van der Waals surface area contributed by atoms with Crippen molar-refractivity contribution in [1.82, 2.24) is 5.32 Å². The molecule has 0 spiro atoms. The molecule has 2 aromatic carbocycles. The van der Waals surface area contributed by atoms with E-state index in [9.17, 15) is 29.6 Å². The zero-order valence-corrected chi connectivity index (χ0v) is 15.6. The Morgan fingerprint density at radius 2 is 1.83 bits per heavy atom. The highest BCUT2D eigenvalue weighted by atomic mass is 16.6. The largest absolute Gasteiger partial charge is 0.496 e. The van der Waals surface area contributed by atoms with Gasteiger partial charge in [0.1, 0.15) is 17.5 Å². The lowest BCUT2D eigenvalue weighted by Crippen LogP contribution is -2.42. The lowest BCUT2D eigenvalue weighted by Gasteiger charge is -2.16. The summed E-state index contributed by atoms with van der Waals surface area (Å²) < 4.78 is 10.00. The molecule has 2 aromatic rings. The summed E-state index contributed by atoms with van der Waals surface area (Å²) >= 11 is 0. The maximum absolute atomic E-state index is 12.4. The minimum Gasteiger partial charge on any atom is -0.496 e. The number of nitrogens with zero attached hydrogens (tertiary/aromatic N) is 1. The molecule has 0 saturated carbocycles. The lowest BCUT2D eigenvalue weighted by molar-refractivity contribution is -0.384. The number of amides is 1. The SMILES string of the molecule is COc1ccc([N+](=O)[O-])cc1C[C@H](NC(=O)c1ccc(OC(C)=O)cc1)C(=O)O. The molecule has 1 atom stereocenters. The highest BCUT2D eigenvalue weighted by Gasteiger charge is 2.24. The average Bonchev–Trinajstić information content (AvgIpc) is 2.67. The van der Waals surface area contributed by atoms with E-state index >= 15 is 0 Å². The Hall–Kier alpha value is -3.95. The van der Waals surface area contributed by atoms with Crippen LogP contribution in [0.4, 0.5) is 5.69 Å². The van der Waals surface area contributed by atoms with Crippen molar-refractivity contribution in [3.63, 3.8) is 0 Å². The number of non-ortho nitro benzene ring substituents is 1. The van der Waals surface area contributed by atoms with Crippen LogP contribution in [0.2, 0.25) is 0 Å². The fourth-order valence-electron chi connectivity index (χ4n) is 2.54. The highest BCUT2D eigenvalue weighted by Crippen LogP contribution is 2.25. The predicted octanol–water partition coefficient (Wildman–Crippen LogP) is 1.95. The number of carbonyl (C=O) groups excluding carboxylic acids is 2. The minimum atomic E-state index is -1.36. The number of carbonyl (C=O) groups is 3. The van der Waals surface area contributed by atoms with E-state index in [-0.39, 0.29) is 34.7 Å². The topological polar surface area (TPSA) is 145 Å². The number of nitro benzene ring substituents is 1. The Morgan fingerprint density at radius 1 is 1.17 bits per heavy atom. The molecule has 0 bridgehead atoms. The molecular weight excluding hydrogens is 384 g/mol. The number of benzene rings is 2. The normalized spacial score (nSPS) is 11.2. The molecule has 0 fully saturated rings. The van der Waals surface area contributed by atoms with Crippen molar-refractivity contribution in [3.05, 3.63) is 63.7 Å². The lowest BCUT2D eigenvalue weighted by atomic mass is 10.0. The third-order valence-corrected chi connectivity index (χ3v) is 3.88. The van der Waals surface area contributed by atoms with Gasteiger partial charge in [0.15, 0.2) is 0 Å². The number of ether oxygens (including phenoxy) is 2. The number of hydrogen-bond acceptors (Lipinski definition) is 7. The predicted molar refractivity (Wildman–Crippen MR) is 100.0 cm³/mol. The van der Waals surface area contributed by atoms with Crippen molar-refractivity contribution < 1.29 is 33.9 Å². The number of nitro groups is 1. The fraction of sp³-hybridized carbons (Fsp3) is 0.211. The molecule has 10 nitrogen and oxygen atoms in total. The van der Waals surface area contributed by atoms with Crippen LogP contribution in [0.5, 0.6) is 11.5 Å². The van der Waals surface area contributed by atoms with Gasteiger partial charge >= 0.3 is 11.9 Å². The highest BCUT2D eigenvalue weighted by molar-refractivity contribution is 5.96. The van der Waals surface area contributed by atoms with Gasteiger partial charge in [-0.05, 0) is 30.3 Å². The number of hydrogen-bond donors (Lipinski definition) is 2. The average molecular weight is 402 g/mol. The quantitative estimate of drug-likeness (QED) is 0.295. The minimum absolute atomic E-state index is 0.151. The van der Waals surface area contributed by atoms with E-state index in [1.807, 2.05) is 0 Å².